The molecule has 0 aromatic heterocycles. The summed E-state index contributed by atoms with van der Waals surface area (Å²) < 4.78 is 0. The highest BCUT2D eigenvalue weighted by molar-refractivity contribution is 6.55. The van der Waals surface area contributed by atoms with Gasteiger partial charge in [-0.3, -0.25) is 4.79 Å². The molecule has 3 rings (SSSR count). The quantitative estimate of drug-likeness (QED) is 0.844. The van der Waals surface area contributed by atoms with Crippen molar-refractivity contribution in [2.24, 2.45) is 4.99 Å². The van der Waals surface area contributed by atoms with Gasteiger partial charge in [-0.25, -0.2) is 4.99 Å². The van der Waals surface area contributed by atoms with Gasteiger partial charge in [0.05, 0.1) is 16.4 Å². The van der Waals surface area contributed by atoms with Crippen LogP contribution >= 0.6 is 11.6 Å². The van der Waals surface area contributed by atoms with Gasteiger partial charge >= 0.3 is 0 Å². The molecule has 0 fully saturated rings. The van der Waals surface area contributed by atoms with Gasteiger partial charge in [-0.15, -0.1) is 0 Å². The first-order chi connectivity index (χ1) is 9.56. The normalized spacial score (nSPS) is 15.3. The molecule has 0 saturated heterocycles. The van der Waals surface area contributed by atoms with Crippen LogP contribution in [0.25, 0.3) is 0 Å². The fourth-order valence-corrected chi connectivity index (χ4v) is 2.53. The molecule has 20 heavy (non-hydrogen) atoms. The summed E-state index contributed by atoms with van der Waals surface area (Å²) in [6.45, 7) is 4.01. The van der Waals surface area contributed by atoms with E-state index in [4.69, 9.17) is 11.6 Å². The maximum atomic E-state index is 12.1. The Balaban J connectivity index is 2.14. The molecular weight excluding hydrogens is 272 g/mol. The van der Waals surface area contributed by atoms with Crippen molar-refractivity contribution in [3.05, 3.63) is 58.1 Å². The van der Waals surface area contributed by atoms with Crippen molar-refractivity contribution in [3.63, 3.8) is 0 Å². The van der Waals surface area contributed by atoms with Crippen LogP contribution < -0.4 is 5.32 Å². The van der Waals surface area contributed by atoms with Gasteiger partial charge in [-0.05, 0) is 31.5 Å². The molecule has 3 nitrogen and oxygen atoms in total. The summed E-state index contributed by atoms with van der Waals surface area (Å²) in [4.78, 5) is 16.6. The minimum atomic E-state index is -0.215. The van der Waals surface area contributed by atoms with Gasteiger partial charge in [-0.2, -0.15) is 0 Å². The molecule has 1 heterocycles. The number of benzene rings is 2. The summed E-state index contributed by atoms with van der Waals surface area (Å²) in [5.41, 5.74) is 4.82. The number of carbonyl (C=O) groups excluding carboxylic acids is 1. The van der Waals surface area contributed by atoms with Crippen LogP contribution in [-0.2, 0) is 4.79 Å². The monoisotopic (exact) mass is 284 g/mol. The van der Waals surface area contributed by atoms with Crippen LogP contribution in [0, 0.1) is 13.8 Å². The Bertz CT molecular complexity index is 750. The second kappa shape index (κ2) is 4.76. The molecule has 0 atom stereocenters. The van der Waals surface area contributed by atoms with E-state index in [-0.39, 0.29) is 5.91 Å². The van der Waals surface area contributed by atoms with Crippen LogP contribution in [0.2, 0.25) is 5.02 Å². The molecule has 0 bridgehead atoms. The number of halogens is 1. The fraction of sp³-hybridized carbons (Fsp3) is 0.125. The number of fused-ring (bicyclic) bond motifs is 1. The molecule has 1 amide bonds. The lowest BCUT2D eigenvalue weighted by Gasteiger charge is -2.03. The number of nitrogens with one attached hydrogen (secondary N) is 1. The molecule has 2 aromatic carbocycles. The summed E-state index contributed by atoms with van der Waals surface area (Å²) in [5.74, 6) is -0.215. The summed E-state index contributed by atoms with van der Waals surface area (Å²) in [6, 6.07) is 11.4. The molecule has 0 aliphatic carbocycles. The first-order valence-electron chi connectivity index (χ1n) is 6.32. The lowest BCUT2D eigenvalue weighted by atomic mass is 10.1. The molecule has 0 spiro atoms. The van der Waals surface area contributed by atoms with Crippen molar-refractivity contribution in [2.45, 2.75) is 13.8 Å². The molecule has 1 aliphatic rings. The number of hydrogen-bond donors (Lipinski definition) is 1. The maximum absolute atomic E-state index is 12.1. The number of aryl methyl sites for hydroxylation is 2. The van der Waals surface area contributed by atoms with E-state index in [2.05, 4.69) is 10.3 Å². The summed E-state index contributed by atoms with van der Waals surface area (Å²) in [5, 5.41) is 3.29. The minimum absolute atomic E-state index is 0.215. The van der Waals surface area contributed by atoms with E-state index in [9.17, 15) is 4.79 Å². The highest BCUT2D eigenvalue weighted by Gasteiger charge is 2.27. The lowest BCUT2D eigenvalue weighted by Crippen LogP contribution is -2.14. The van der Waals surface area contributed by atoms with Crippen LogP contribution in [0.5, 0.6) is 0 Å². The zero-order valence-corrected chi connectivity index (χ0v) is 12.0. The first-order valence-corrected chi connectivity index (χ1v) is 6.70. The number of anilines is 1. The Kier molecular flexibility index (Phi) is 3.07. The highest BCUT2D eigenvalue weighted by Crippen LogP contribution is 2.32. The lowest BCUT2D eigenvalue weighted by molar-refractivity contribution is -0.110. The highest BCUT2D eigenvalue weighted by atomic mass is 35.5. The van der Waals surface area contributed by atoms with Crippen LogP contribution in [0.1, 0.15) is 16.7 Å². The largest absolute Gasteiger partial charge is 0.319 e. The zero-order valence-electron chi connectivity index (χ0n) is 11.2. The summed E-state index contributed by atoms with van der Waals surface area (Å²) in [7, 11) is 0. The molecule has 2 aromatic rings. The third kappa shape index (κ3) is 2.10. The minimum Gasteiger partial charge on any atom is -0.319 e. The van der Waals surface area contributed by atoms with E-state index in [1.807, 2.05) is 44.2 Å². The van der Waals surface area contributed by atoms with Crippen LogP contribution in [0.4, 0.5) is 11.4 Å². The van der Waals surface area contributed by atoms with Crippen LogP contribution in [0.3, 0.4) is 0 Å². The molecule has 1 N–H and O–H groups in total. The topological polar surface area (TPSA) is 41.5 Å². The van der Waals surface area contributed by atoms with Crippen molar-refractivity contribution >= 4 is 34.6 Å². The van der Waals surface area contributed by atoms with Gasteiger partial charge in [0.15, 0.2) is 0 Å². The number of aliphatic imine (C=N–C) groups is 1. The number of para-hydroxylation sites is 1. The smallest absolute Gasteiger partial charge is 0.275 e. The van der Waals surface area contributed by atoms with Crippen LogP contribution in [-0.4, -0.2) is 11.6 Å². The molecule has 100 valence electrons. The van der Waals surface area contributed by atoms with Crippen molar-refractivity contribution < 1.29 is 4.79 Å². The Morgan fingerprint density at radius 2 is 1.95 bits per heavy atom. The van der Waals surface area contributed by atoms with Gasteiger partial charge in [-0.1, -0.05) is 41.4 Å². The number of carbonyl (C=O) groups is 1. The summed E-state index contributed by atoms with van der Waals surface area (Å²) >= 11 is 6.09. The van der Waals surface area contributed by atoms with Crippen molar-refractivity contribution in [1.29, 1.82) is 0 Å². The Morgan fingerprint density at radius 3 is 2.70 bits per heavy atom. The number of nitrogens with zero attached hydrogens (tertiary/aromatic N) is 1. The zero-order chi connectivity index (χ0) is 14.3. The first kappa shape index (κ1) is 12.9. The molecule has 4 heteroatoms. The van der Waals surface area contributed by atoms with Gasteiger partial charge in [0, 0.05) is 5.56 Å². The van der Waals surface area contributed by atoms with Gasteiger partial charge in [0.25, 0.3) is 5.91 Å². The summed E-state index contributed by atoms with van der Waals surface area (Å²) in [6.07, 6.45) is 0. The van der Waals surface area contributed by atoms with Gasteiger partial charge in [0.1, 0.15) is 5.71 Å². The molecule has 0 radical (unpaired) electrons. The van der Waals surface area contributed by atoms with E-state index < -0.39 is 0 Å². The van der Waals surface area contributed by atoms with Crippen molar-refractivity contribution in [2.75, 3.05) is 5.32 Å². The van der Waals surface area contributed by atoms with E-state index in [0.29, 0.717) is 16.4 Å². The van der Waals surface area contributed by atoms with Crippen molar-refractivity contribution in [3.8, 4) is 0 Å². The predicted octanol–water partition coefficient (Wildman–Crippen LogP) is 4.03. The Hall–Kier alpha value is -2.13. The second-order valence-corrected chi connectivity index (χ2v) is 5.27. The number of rotatable bonds is 1. The average Bonchev–Trinajstić information content (AvgIpc) is 2.71. The Labute approximate surface area is 122 Å². The molecule has 1 aliphatic heterocycles. The number of amides is 1. The van der Waals surface area contributed by atoms with Gasteiger partial charge in [0.2, 0.25) is 0 Å². The SMILES string of the molecule is Cc1ccc(N=C2C(=O)Nc3c(Cl)cccc32)c(C)c1. The fourth-order valence-electron chi connectivity index (χ4n) is 2.31. The number of hydrogen-bond acceptors (Lipinski definition) is 2. The van der Waals surface area contributed by atoms with Gasteiger partial charge < -0.3 is 5.32 Å². The van der Waals surface area contributed by atoms with E-state index in [1.165, 1.54) is 5.56 Å². The third-order valence-electron chi connectivity index (χ3n) is 3.31. The van der Waals surface area contributed by atoms with E-state index in [0.717, 1.165) is 16.8 Å². The molecule has 0 unspecified atom stereocenters. The molecule has 0 saturated carbocycles. The Morgan fingerprint density at radius 1 is 1.15 bits per heavy atom. The second-order valence-electron chi connectivity index (χ2n) is 4.87. The van der Waals surface area contributed by atoms with E-state index in [1.54, 1.807) is 6.07 Å². The standard InChI is InChI=1S/C16H13ClN2O/c1-9-6-7-13(10(2)8-9)18-15-11-4-3-5-12(17)14(11)19-16(15)20/h3-8H,1-2H3,(H,18,19,20). The van der Waals surface area contributed by atoms with Crippen LogP contribution in [0.15, 0.2) is 41.4 Å². The maximum Gasteiger partial charge on any atom is 0.275 e. The third-order valence-corrected chi connectivity index (χ3v) is 3.62. The average molecular weight is 285 g/mol. The predicted molar refractivity (Wildman–Crippen MR) is 82.2 cm³/mol. The van der Waals surface area contributed by atoms with E-state index >= 15 is 0 Å². The molecular formula is C16H13ClN2O. The van der Waals surface area contributed by atoms with Crippen molar-refractivity contribution in [1.82, 2.24) is 0 Å².